The summed E-state index contributed by atoms with van der Waals surface area (Å²) in [4.78, 5) is 0. The highest BCUT2D eigenvalue weighted by Crippen LogP contribution is 2.20. The molecule has 0 spiro atoms. The second kappa shape index (κ2) is 6.66. The normalized spacial score (nSPS) is 12.7. The summed E-state index contributed by atoms with van der Waals surface area (Å²) in [6.07, 6.45) is 1.97. The van der Waals surface area contributed by atoms with Gasteiger partial charge < -0.3 is 9.22 Å². The van der Waals surface area contributed by atoms with Crippen LogP contribution in [-0.2, 0) is 4.12 Å². The molecule has 2 nitrogen and oxygen atoms in total. The second-order valence-electron chi connectivity index (χ2n) is 5.92. The summed E-state index contributed by atoms with van der Waals surface area (Å²) in [5.74, 6) is 0. The largest absolute Gasteiger partial charge is 0.452 e. The zero-order valence-electron chi connectivity index (χ0n) is 12.1. The number of hydrogen-bond acceptors (Lipinski definition) is 2. The van der Waals surface area contributed by atoms with Gasteiger partial charge in [0.2, 0.25) is 8.32 Å². The van der Waals surface area contributed by atoms with Crippen LogP contribution in [-0.4, -0.2) is 28.3 Å². The average molecular weight is 283 g/mol. The van der Waals surface area contributed by atoms with Crippen LogP contribution in [0.4, 0.5) is 0 Å². The molecule has 0 aliphatic carbocycles. The molecule has 0 unspecified atom stereocenters. The van der Waals surface area contributed by atoms with E-state index in [0.717, 1.165) is 18.9 Å². The predicted octanol–water partition coefficient (Wildman–Crippen LogP) is 3.09. The van der Waals surface area contributed by atoms with Gasteiger partial charge in [-0.15, -0.1) is 0 Å². The summed E-state index contributed by atoms with van der Waals surface area (Å²) in [5.41, 5.74) is 0. The van der Waals surface area contributed by atoms with Gasteiger partial charge in [-0.05, 0) is 43.8 Å². The summed E-state index contributed by atoms with van der Waals surface area (Å²) < 4.78 is 6.55. The molecule has 0 amide bonds. The van der Waals surface area contributed by atoms with Crippen LogP contribution in [0.2, 0.25) is 32.2 Å². The highest BCUT2D eigenvalue weighted by atomic mass is 28.4. The Hall–Kier alpha value is -0.426. The molecule has 4 heteroatoms. The molecular formula is C14H26O2Si2. The lowest BCUT2D eigenvalue weighted by atomic mass is 10.4. The van der Waals surface area contributed by atoms with Gasteiger partial charge in [-0.1, -0.05) is 36.8 Å². The minimum Gasteiger partial charge on any atom is -0.452 e. The van der Waals surface area contributed by atoms with Gasteiger partial charge in [0.1, 0.15) is 0 Å². The molecule has 0 bridgehead atoms. The van der Waals surface area contributed by atoms with Gasteiger partial charge in [-0.25, -0.2) is 0 Å². The summed E-state index contributed by atoms with van der Waals surface area (Å²) in [6.45, 7) is 9.44. The topological polar surface area (TPSA) is 29.5 Å². The van der Waals surface area contributed by atoms with Crippen LogP contribution in [0, 0.1) is 0 Å². The van der Waals surface area contributed by atoms with Crippen LogP contribution < -0.4 is 5.19 Å². The van der Waals surface area contributed by atoms with Crippen LogP contribution in [0.3, 0.4) is 0 Å². The summed E-state index contributed by atoms with van der Waals surface area (Å²) >= 11 is 0. The molecular weight excluding hydrogens is 256 g/mol. The maximum absolute atomic E-state index is 8.86. The van der Waals surface area contributed by atoms with Crippen molar-refractivity contribution in [1.29, 1.82) is 0 Å². The minimum atomic E-state index is -1.78. The SMILES string of the molecule is C[Si](C)(CCCCO)O[Si](C)(C)c1ccccc1. The van der Waals surface area contributed by atoms with E-state index in [9.17, 15) is 0 Å². The first-order chi connectivity index (χ1) is 8.37. The van der Waals surface area contributed by atoms with Gasteiger partial charge in [-0.2, -0.15) is 0 Å². The average Bonchev–Trinajstić information content (AvgIpc) is 2.29. The van der Waals surface area contributed by atoms with Gasteiger partial charge >= 0.3 is 0 Å². The van der Waals surface area contributed by atoms with E-state index in [1.54, 1.807) is 0 Å². The number of rotatable bonds is 7. The van der Waals surface area contributed by atoms with Gasteiger partial charge in [-0.3, -0.25) is 0 Å². The molecule has 0 heterocycles. The van der Waals surface area contributed by atoms with E-state index < -0.39 is 16.6 Å². The molecule has 0 fully saturated rings. The van der Waals surface area contributed by atoms with Gasteiger partial charge in [0, 0.05) is 6.61 Å². The van der Waals surface area contributed by atoms with Gasteiger partial charge in [0.25, 0.3) is 0 Å². The highest BCUT2D eigenvalue weighted by Gasteiger charge is 2.33. The van der Waals surface area contributed by atoms with E-state index >= 15 is 0 Å². The Labute approximate surface area is 113 Å². The fraction of sp³-hybridized carbons (Fsp3) is 0.571. The minimum absolute atomic E-state index is 0.296. The van der Waals surface area contributed by atoms with Crippen molar-refractivity contribution in [3.05, 3.63) is 30.3 Å². The van der Waals surface area contributed by atoms with Crippen LogP contribution in [0.25, 0.3) is 0 Å². The van der Waals surface area contributed by atoms with Crippen molar-refractivity contribution in [2.24, 2.45) is 0 Å². The lowest BCUT2D eigenvalue weighted by Crippen LogP contribution is -2.52. The third-order valence-electron chi connectivity index (χ3n) is 3.19. The molecule has 1 N–H and O–H groups in total. The van der Waals surface area contributed by atoms with Crippen molar-refractivity contribution in [3.8, 4) is 0 Å². The quantitative estimate of drug-likeness (QED) is 0.615. The Morgan fingerprint density at radius 2 is 1.61 bits per heavy atom. The highest BCUT2D eigenvalue weighted by molar-refractivity contribution is 6.92. The zero-order chi connectivity index (χ0) is 13.6. The van der Waals surface area contributed by atoms with Crippen LogP contribution in [0.15, 0.2) is 30.3 Å². The monoisotopic (exact) mass is 282 g/mol. The fourth-order valence-electron chi connectivity index (χ4n) is 2.30. The van der Waals surface area contributed by atoms with E-state index in [1.165, 1.54) is 5.19 Å². The lowest BCUT2D eigenvalue weighted by Gasteiger charge is -2.34. The molecule has 0 aliphatic rings. The number of benzene rings is 1. The first-order valence-corrected chi connectivity index (χ1v) is 12.8. The van der Waals surface area contributed by atoms with Gasteiger partial charge in [0.05, 0.1) is 0 Å². The van der Waals surface area contributed by atoms with Gasteiger partial charge in [0.15, 0.2) is 8.32 Å². The van der Waals surface area contributed by atoms with Crippen molar-refractivity contribution in [1.82, 2.24) is 0 Å². The smallest absolute Gasteiger partial charge is 0.205 e. The maximum atomic E-state index is 8.86. The van der Waals surface area contributed by atoms with E-state index in [0.29, 0.717) is 6.61 Å². The molecule has 0 aliphatic heterocycles. The molecule has 102 valence electrons. The second-order valence-corrected chi connectivity index (χ2v) is 14.4. The Morgan fingerprint density at radius 1 is 1.00 bits per heavy atom. The lowest BCUT2D eigenvalue weighted by molar-refractivity contribution is 0.286. The van der Waals surface area contributed by atoms with E-state index in [-0.39, 0.29) is 0 Å². The van der Waals surface area contributed by atoms with Crippen LogP contribution >= 0.6 is 0 Å². The zero-order valence-corrected chi connectivity index (χ0v) is 14.1. The third kappa shape index (κ3) is 5.06. The molecule has 0 aromatic heterocycles. The molecule has 18 heavy (non-hydrogen) atoms. The van der Waals surface area contributed by atoms with E-state index in [2.05, 4.69) is 56.5 Å². The van der Waals surface area contributed by atoms with Crippen LogP contribution in [0.5, 0.6) is 0 Å². The Balaban J connectivity index is 2.64. The first kappa shape index (κ1) is 15.6. The maximum Gasteiger partial charge on any atom is 0.205 e. The molecule has 0 saturated carbocycles. The van der Waals surface area contributed by atoms with Crippen molar-refractivity contribution in [2.75, 3.05) is 6.61 Å². The standard InChI is InChI=1S/C14H26O2Si2/c1-17(2,13-9-8-12-15)16-18(3,4)14-10-6-5-7-11-14/h5-7,10-11,15H,8-9,12-13H2,1-4H3. The van der Waals surface area contributed by atoms with Crippen LogP contribution in [0.1, 0.15) is 12.8 Å². The first-order valence-electron chi connectivity index (χ1n) is 6.74. The summed E-state index contributed by atoms with van der Waals surface area (Å²) in [5, 5.41) is 10.2. The van der Waals surface area contributed by atoms with E-state index in [1.807, 2.05) is 0 Å². The molecule has 0 saturated heterocycles. The summed E-state index contributed by atoms with van der Waals surface area (Å²) in [6, 6.07) is 11.7. The third-order valence-corrected chi connectivity index (χ3v) is 10.7. The predicted molar refractivity (Wildman–Crippen MR) is 83.3 cm³/mol. The van der Waals surface area contributed by atoms with Crippen molar-refractivity contribution < 1.29 is 9.22 Å². The molecule has 1 aromatic rings. The number of unbranched alkanes of at least 4 members (excludes halogenated alkanes) is 1. The summed E-state index contributed by atoms with van der Waals surface area (Å²) in [7, 11) is -3.38. The fourth-order valence-corrected chi connectivity index (χ4v) is 10.8. The molecule has 0 radical (unpaired) electrons. The molecule has 1 rings (SSSR count). The number of aliphatic hydroxyl groups is 1. The van der Waals surface area contributed by atoms with E-state index in [4.69, 9.17) is 9.22 Å². The molecule has 1 aromatic carbocycles. The van der Waals surface area contributed by atoms with Crippen molar-refractivity contribution in [2.45, 2.75) is 45.1 Å². The Kier molecular flexibility index (Phi) is 5.78. The Bertz CT molecular complexity index is 350. The number of aliphatic hydroxyl groups excluding tert-OH is 1. The van der Waals surface area contributed by atoms with Crippen molar-refractivity contribution in [3.63, 3.8) is 0 Å². The number of hydrogen-bond donors (Lipinski definition) is 1. The Morgan fingerprint density at radius 3 is 2.17 bits per heavy atom. The molecule has 0 atom stereocenters. The van der Waals surface area contributed by atoms with Crippen molar-refractivity contribution >= 4 is 21.8 Å².